The average molecular weight is 262 g/mol. The third kappa shape index (κ3) is 2.70. The topological polar surface area (TPSA) is 105 Å². The highest BCUT2D eigenvalue weighted by Gasteiger charge is 2.30. The summed E-state index contributed by atoms with van der Waals surface area (Å²) in [6, 6.07) is 2.32. The van der Waals surface area contributed by atoms with Crippen LogP contribution in [0.25, 0.3) is 0 Å². The van der Waals surface area contributed by atoms with Gasteiger partial charge in [-0.25, -0.2) is 0 Å². The summed E-state index contributed by atoms with van der Waals surface area (Å²) in [5, 5.41) is 2.62. The van der Waals surface area contributed by atoms with E-state index in [0.29, 0.717) is 13.0 Å². The van der Waals surface area contributed by atoms with Crippen molar-refractivity contribution in [3.63, 3.8) is 0 Å². The van der Waals surface area contributed by atoms with Gasteiger partial charge >= 0.3 is 0 Å². The number of nitrogens with one attached hydrogen (secondary N) is 1. The Labute approximate surface area is 109 Å². The highest BCUT2D eigenvalue weighted by molar-refractivity contribution is 5.97. The maximum absolute atomic E-state index is 11.9. The molecule has 1 aliphatic heterocycles. The lowest BCUT2D eigenvalue weighted by atomic mass is 10.2. The number of likely N-dealkylation sites (N-methyl/N-ethyl adjacent to an activating group) is 1. The molecule has 7 heteroatoms. The molecule has 0 aromatic carbocycles. The molecule has 0 aliphatic carbocycles. The number of carbonyl (C=O) groups excluding carboxylic acids is 3. The van der Waals surface area contributed by atoms with E-state index in [0.717, 1.165) is 0 Å². The predicted octanol–water partition coefficient (Wildman–Crippen LogP) is -0.859. The van der Waals surface area contributed by atoms with Gasteiger partial charge in [0.1, 0.15) is 11.7 Å². The Morgan fingerprint density at radius 1 is 1.47 bits per heavy atom. The zero-order valence-corrected chi connectivity index (χ0v) is 10.4. The molecule has 0 saturated carbocycles. The van der Waals surface area contributed by atoms with Crippen molar-refractivity contribution in [1.82, 2.24) is 15.2 Å². The molecule has 19 heavy (non-hydrogen) atoms. The van der Waals surface area contributed by atoms with Crippen LogP contribution in [0.2, 0.25) is 0 Å². The quantitative estimate of drug-likeness (QED) is 0.739. The van der Waals surface area contributed by atoms with Crippen LogP contribution in [0.15, 0.2) is 18.3 Å². The number of amides is 3. The second-order valence-corrected chi connectivity index (χ2v) is 4.37. The number of nitrogens with two attached hydrogens (primary N) is 1. The van der Waals surface area contributed by atoms with Crippen molar-refractivity contribution in [2.45, 2.75) is 12.5 Å². The van der Waals surface area contributed by atoms with Gasteiger partial charge in [-0.15, -0.1) is 0 Å². The fraction of sp³-hybridized carbons (Fsp3) is 0.333. The molecule has 100 valence electrons. The Morgan fingerprint density at radius 3 is 2.68 bits per heavy atom. The summed E-state index contributed by atoms with van der Waals surface area (Å²) in [5.74, 6) is -1.15. The zero-order chi connectivity index (χ0) is 14.0. The van der Waals surface area contributed by atoms with Crippen molar-refractivity contribution in [3.05, 3.63) is 29.6 Å². The number of rotatable bonds is 3. The van der Waals surface area contributed by atoms with Gasteiger partial charge in [-0.1, -0.05) is 0 Å². The van der Waals surface area contributed by atoms with Gasteiger partial charge in [0.15, 0.2) is 0 Å². The Morgan fingerprint density at radius 2 is 2.21 bits per heavy atom. The van der Waals surface area contributed by atoms with E-state index in [4.69, 9.17) is 5.73 Å². The largest absolute Gasteiger partial charge is 0.366 e. The average Bonchev–Trinajstić information content (AvgIpc) is 2.71. The number of hydrogen-bond donors (Lipinski definition) is 2. The minimum absolute atomic E-state index is 0.109. The Hall–Kier alpha value is -2.44. The lowest BCUT2D eigenvalue weighted by molar-refractivity contribution is -0.128. The molecule has 3 amide bonds. The molecule has 1 fully saturated rings. The maximum Gasteiger partial charge on any atom is 0.270 e. The van der Waals surface area contributed by atoms with Gasteiger partial charge in [0.2, 0.25) is 11.8 Å². The van der Waals surface area contributed by atoms with Gasteiger partial charge in [-0.3, -0.25) is 19.4 Å². The first-order valence-electron chi connectivity index (χ1n) is 5.80. The Bertz CT molecular complexity index is 526. The van der Waals surface area contributed by atoms with Gasteiger partial charge in [0, 0.05) is 19.8 Å². The number of carbonyl (C=O) groups is 3. The number of primary amides is 1. The lowest BCUT2D eigenvalue weighted by Crippen LogP contribution is -2.40. The lowest BCUT2D eigenvalue weighted by Gasteiger charge is -2.11. The number of hydrogen-bond acceptors (Lipinski definition) is 4. The van der Waals surface area contributed by atoms with Crippen LogP contribution in [0.4, 0.5) is 0 Å². The van der Waals surface area contributed by atoms with Gasteiger partial charge in [-0.05, 0) is 18.6 Å². The molecule has 2 rings (SSSR count). The van der Waals surface area contributed by atoms with Crippen LogP contribution in [0, 0.1) is 0 Å². The SMILES string of the molecule is CN1CCC(NC(=O)c2ccc(C(N)=O)cn2)C1=O. The summed E-state index contributed by atoms with van der Waals surface area (Å²) < 4.78 is 0. The Kier molecular flexibility index (Phi) is 3.46. The van der Waals surface area contributed by atoms with E-state index in [1.807, 2.05) is 0 Å². The molecular weight excluding hydrogens is 248 g/mol. The highest BCUT2D eigenvalue weighted by atomic mass is 16.2. The van der Waals surface area contributed by atoms with Crippen molar-refractivity contribution in [1.29, 1.82) is 0 Å². The van der Waals surface area contributed by atoms with Crippen molar-refractivity contribution in [3.8, 4) is 0 Å². The maximum atomic E-state index is 11.9. The fourth-order valence-electron chi connectivity index (χ4n) is 1.86. The predicted molar refractivity (Wildman–Crippen MR) is 66.3 cm³/mol. The van der Waals surface area contributed by atoms with E-state index in [1.54, 1.807) is 11.9 Å². The van der Waals surface area contributed by atoms with Crippen molar-refractivity contribution in [2.75, 3.05) is 13.6 Å². The van der Waals surface area contributed by atoms with Crippen molar-refractivity contribution in [2.24, 2.45) is 5.73 Å². The smallest absolute Gasteiger partial charge is 0.270 e. The molecule has 0 spiro atoms. The summed E-state index contributed by atoms with van der Waals surface area (Å²) >= 11 is 0. The summed E-state index contributed by atoms with van der Waals surface area (Å²) in [7, 11) is 1.69. The number of aromatic nitrogens is 1. The Balaban J connectivity index is 2.04. The summed E-state index contributed by atoms with van der Waals surface area (Å²) in [6.07, 6.45) is 1.82. The minimum atomic E-state index is -0.605. The normalized spacial score (nSPS) is 18.5. The van der Waals surface area contributed by atoms with Crippen LogP contribution in [-0.2, 0) is 4.79 Å². The van der Waals surface area contributed by atoms with Gasteiger partial charge in [0.25, 0.3) is 5.91 Å². The number of likely N-dealkylation sites (tertiary alicyclic amines) is 1. The zero-order valence-electron chi connectivity index (χ0n) is 10.4. The molecule has 1 saturated heterocycles. The van der Waals surface area contributed by atoms with Crippen LogP contribution in [0.1, 0.15) is 27.3 Å². The first-order valence-corrected chi connectivity index (χ1v) is 5.80. The molecule has 1 atom stereocenters. The summed E-state index contributed by atoms with van der Waals surface area (Å²) in [5.41, 5.74) is 5.45. The standard InChI is InChI=1S/C12H14N4O3/c1-16-5-4-9(12(16)19)15-11(18)8-3-2-7(6-14-8)10(13)17/h2-3,6,9H,4-5H2,1H3,(H2,13,17)(H,15,18). The van der Waals surface area contributed by atoms with E-state index in [-0.39, 0.29) is 17.2 Å². The van der Waals surface area contributed by atoms with Gasteiger partial charge < -0.3 is 16.0 Å². The molecule has 0 bridgehead atoms. The molecule has 1 aromatic rings. The molecular formula is C12H14N4O3. The number of pyridine rings is 1. The van der Waals surface area contributed by atoms with Gasteiger partial charge in [0.05, 0.1) is 5.56 Å². The van der Waals surface area contributed by atoms with Crippen molar-refractivity contribution < 1.29 is 14.4 Å². The fourth-order valence-corrected chi connectivity index (χ4v) is 1.86. The van der Waals surface area contributed by atoms with E-state index >= 15 is 0 Å². The van der Waals surface area contributed by atoms with E-state index in [2.05, 4.69) is 10.3 Å². The summed E-state index contributed by atoms with van der Waals surface area (Å²) in [6.45, 7) is 0.623. The molecule has 0 radical (unpaired) electrons. The molecule has 2 heterocycles. The van der Waals surface area contributed by atoms with Crippen LogP contribution in [-0.4, -0.2) is 47.2 Å². The third-order valence-electron chi connectivity index (χ3n) is 3.01. The van der Waals surface area contributed by atoms with E-state index < -0.39 is 17.9 Å². The molecule has 1 aromatic heterocycles. The van der Waals surface area contributed by atoms with Crippen LogP contribution in [0.3, 0.4) is 0 Å². The molecule has 1 unspecified atom stereocenters. The third-order valence-corrected chi connectivity index (χ3v) is 3.01. The highest BCUT2D eigenvalue weighted by Crippen LogP contribution is 2.09. The summed E-state index contributed by atoms with van der Waals surface area (Å²) in [4.78, 5) is 39.8. The van der Waals surface area contributed by atoms with Crippen LogP contribution < -0.4 is 11.1 Å². The van der Waals surface area contributed by atoms with E-state index in [9.17, 15) is 14.4 Å². The monoisotopic (exact) mass is 262 g/mol. The van der Waals surface area contributed by atoms with Crippen molar-refractivity contribution >= 4 is 17.7 Å². The molecule has 1 aliphatic rings. The van der Waals surface area contributed by atoms with Crippen LogP contribution >= 0.6 is 0 Å². The number of nitrogens with zero attached hydrogens (tertiary/aromatic N) is 2. The van der Waals surface area contributed by atoms with Gasteiger partial charge in [-0.2, -0.15) is 0 Å². The molecule has 7 nitrogen and oxygen atoms in total. The first kappa shape index (κ1) is 13.0. The minimum Gasteiger partial charge on any atom is -0.366 e. The molecule has 3 N–H and O–H groups in total. The van der Waals surface area contributed by atoms with Crippen LogP contribution in [0.5, 0.6) is 0 Å². The van der Waals surface area contributed by atoms with E-state index in [1.165, 1.54) is 18.3 Å². The first-order chi connectivity index (χ1) is 8.99. The second kappa shape index (κ2) is 5.05. The second-order valence-electron chi connectivity index (χ2n) is 4.37.